The van der Waals surface area contributed by atoms with Crippen LogP contribution in [0.4, 0.5) is 0 Å². The van der Waals surface area contributed by atoms with Crippen LogP contribution >= 0.6 is 0 Å². The van der Waals surface area contributed by atoms with E-state index in [9.17, 15) is 10.2 Å². The summed E-state index contributed by atoms with van der Waals surface area (Å²) in [5.41, 5.74) is -0.0197. The van der Waals surface area contributed by atoms with Crippen LogP contribution in [0.5, 0.6) is 0 Å². The maximum atomic E-state index is 10.6. The van der Waals surface area contributed by atoms with Crippen LogP contribution in [0.3, 0.4) is 0 Å². The van der Waals surface area contributed by atoms with Crippen molar-refractivity contribution in [2.45, 2.75) is 96.7 Å². The van der Waals surface area contributed by atoms with Gasteiger partial charge in [0.2, 0.25) is 0 Å². The van der Waals surface area contributed by atoms with Crippen molar-refractivity contribution in [3.05, 3.63) is 0 Å². The van der Waals surface area contributed by atoms with Gasteiger partial charge in [-0.3, -0.25) is 0 Å². The molecular formula is C24H40O2. The van der Waals surface area contributed by atoms with Crippen molar-refractivity contribution in [3.63, 3.8) is 0 Å². The molecule has 0 amide bonds. The Bertz CT molecular complexity index is 550. The Balaban J connectivity index is 1.43. The largest absolute Gasteiger partial charge is 0.393 e. The third-order valence-corrected chi connectivity index (χ3v) is 10.2. The number of hydrogen-bond donors (Lipinski definition) is 2. The first kappa shape index (κ1) is 18.0. The van der Waals surface area contributed by atoms with Gasteiger partial charge in [-0.25, -0.2) is 0 Å². The average Bonchev–Trinajstić information content (AvgIpc) is 3.35. The molecule has 0 bridgehead atoms. The molecule has 5 fully saturated rings. The zero-order chi connectivity index (χ0) is 18.3. The zero-order valence-electron chi connectivity index (χ0n) is 17.2. The van der Waals surface area contributed by atoms with E-state index in [4.69, 9.17) is 0 Å². The zero-order valence-corrected chi connectivity index (χ0v) is 17.2. The first-order valence-corrected chi connectivity index (χ1v) is 11.7. The van der Waals surface area contributed by atoms with Gasteiger partial charge in [0, 0.05) is 0 Å². The average molecular weight is 361 g/mol. The summed E-state index contributed by atoms with van der Waals surface area (Å²) in [5, 5.41) is 21.2. The number of hydrogen-bond acceptors (Lipinski definition) is 2. The van der Waals surface area contributed by atoms with Crippen LogP contribution in [0.25, 0.3) is 0 Å². The Labute approximate surface area is 160 Å². The summed E-state index contributed by atoms with van der Waals surface area (Å²) in [4.78, 5) is 0. The summed E-state index contributed by atoms with van der Waals surface area (Å²) >= 11 is 0. The molecule has 0 radical (unpaired) electrons. The highest BCUT2D eigenvalue weighted by atomic mass is 16.3. The van der Waals surface area contributed by atoms with Gasteiger partial charge in [-0.15, -0.1) is 0 Å². The lowest BCUT2D eigenvalue weighted by Crippen LogP contribution is -2.52. The molecule has 0 aliphatic heterocycles. The van der Waals surface area contributed by atoms with Crippen LogP contribution in [0.2, 0.25) is 0 Å². The standard InChI is InChI=1S/C24H40O2/c1-14(25)21-12-20(15-4-5-15)22-19-7-6-16-13-23(2,26)10-8-17(16)18(19)9-11-24(21,22)3/h14-22,25-26H,4-13H2,1-3H3/t14?,16-,17+,18-,19-,20?,21?,22-,23-,24-/m1/s1. The van der Waals surface area contributed by atoms with E-state index >= 15 is 0 Å². The van der Waals surface area contributed by atoms with Gasteiger partial charge >= 0.3 is 0 Å². The van der Waals surface area contributed by atoms with Crippen LogP contribution in [-0.4, -0.2) is 21.9 Å². The van der Waals surface area contributed by atoms with Crippen LogP contribution in [-0.2, 0) is 0 Å². The van der Waals surface area contributed by atoms with Gasteiger partial charge in [0.25, 0.3) is 0 Å². The summed E-state index contributed by atoms with van der Waals surface area (Å²) in [5.74, 6) is 6.76. The van der Waals surface area contributed by atoms with Gasteiger partial charge in [-0.05, 0) is 131 Å². The maximum Gasteiger partial charge on any atom is 0.0622 e. The van der Waals surface area contributed by atoms with Gasteiger partial charge < -0.3 is 10.2 Å². The van der Waals surface area contributed by atoms with Gasteiger partial charge in [0.15, 0.2) is 0 Å². The minimum atomic E-state index is -0.404. The summed E-state index contributed by atoms with van der Waals surface area (Å²) in [6, 6.07) is 0. The van der Waals surface area contributed by atoms with Crippen molar-refractivity contribution in [1.29, 1.82) is 0 Å². The minimum absolute atomic E-state index is 0.135. The van der Waals surface area contributed by atoms with Gasteiger partial charge in [-0.1, -0.05) is 6.92 Å². The van der Waals surface area contributed by atoms with Gasteiger partial charge in [-0.2, -0.15) is 0 Å². The summed E-state index contributed by atoms with van der Waals surface area (Å²) < 4.78 is 0. The van der Waals surface area contributed by atoms with Crippen molar-refractivity contribution < 1.29 is 10.2 Å². The van der Waals surface area contributed by atoms with E-state index in [2.05, 4.69) is 20.8 Å². The van der Waals surface area contributed by atoms with Crippen molar-refractivity contribution in [2.75, 3.05) is 0 Å². The second-order valence-electron chi connectivity index (χ2n) is 11.7. The number of fused-ring (bicyclic) bond motifs is 5. The summed E-state index contributed by atoms with van der Waals surface area (Å²) in [6.07, 6.45) is 12.9. The van der Waals surface area contributed by atoms with Crippen LogP contribution in [0.1, 0.15) is 85.0 Å². The lowest BCUT2D eigenvalue weighted by molar-refractivity contribution is -0.113. The molecule has 10 atom stereocenters. The summed E-state index contributed by atoms with van der Waals surface area (Å²) in [7, 11) is 0. The van der Waals surface area contributed by atoms with Gasteiger partial charge in [0.05, 0.1) is 11.7 Å². The SMILES string of the molecule is CC(O)C1CC(C2CC2)[C@H]2[C@@H]3CC[C@@H]4C[C@](C)(O)CC[C@@H]4[C@H]3CC[C@]12C. The van der Waals surface area contributed by atoms with Crippen LogP contribution in [0, 0.1) is 52.8 Å². The van der Waals surface area contributed by atoms with Crippen molar-refractivity contribution in [3.8, 4) is 0 Å². The quantitative estimate of drug-likeness (QED) is 0.725. The molecule has 148 valence electrons. The Morgan fingerprint density at radius 2 is 1.50 bits per heavy atom. The highest BCUT2D eigenvalue weighted by molar-refractivity contribution is 5.12. The fraction of sp³-hybridized carbons (Fsp3) is 1.00. The van der Waals surface area contributed by atoms with E-state index in [1.54, 1.807) is 0 Å². The normalized spacial score (nSPS) is 57.8. The fourth-order valence-electron chi connectivity index (χ4n) is 9.06. The van der Waals surface area contributed by atoms with Crippen molar-refractivity contribution in [2.24, 2.45) is 52.8 Å². The Hall–Kier alpha value is -0.0800. The minimum Gasteiger partial charge on any atom is -0.393 e. The first-order chi connectivity index (χ1) is 12.3. The van der Waals surface area contributed by atoms with Crippen molar-refractivity contribution >= 4 is 0 Å². The molecule has 5 aliphatic carbocycles. The molecular weight excluding hydrogens is 320 g/mol. The highest BCUT2D eigenvalue weighted by Crippen LogP contribution is 2.69. The Morgan fingerprint density at radius 3 is 2.19 bits per heavy atom. The molecule has 5 rings (SSSR count). The number of aliphatic hydroxyl groups excluding tert-OH is 1. The Kier molecular flexibility index (Phi) is 4.12. The van der Waals surface area contributed by atoms with Crippen molar-refractivity contribution in [1.82, 2.24) is 0 Å². The molecule has 2 N–H and O–H groups in total. The monoisotopic (exact) mass is 360 g/mol. The lowest BCUT2D eigenvalue weighted by atomic mass is 9.48. The topological polar surface area (TPSA) is 40.5 Å². The molecule has 2 heteroatoms. The lowest BCUT2D eigenvalue weighted by Gasteiger charge is -2.58. The fourth-order valence-corrected chi connectivity index (χ4v) is 9.06. The molecule has 3 unspecified atom stereocenters. The van der Waals surface area contributed by atoms with E-state index in [1.807, 2.05) is 0 Å². The van der Waals surface area contributed by atoms with E-state index in [0.717, 1.165) is 54.3 Å². The Morgan fingerprint density at radius 1 is 0.808 bits per heavy atom. The predicted octanol–water partition coefficient (Wildman–Crippen LogP) is 5.02. The second-order valence-corrected chi connectivity index (χ2v) is 11.7. The number of aliphatic hydroxyl groups is 2. The third-order valence-electron chi connectivity index (χ3n) is 10.2. The third kappa shape index (κ3) is 2.65. The van der Waals surface area contributed by atoms with E-state index in [1.165, 1.54) is 51.4 Å². The first-order valence-electron chi connectivity index (χ1n) is 11.7. The maximum absolute atomic E-state index is 10.6. The van der Waals surface area contributed by atoms with Gasteiger partial charge in [0.1, 0.15) is 0 Å². The molecule has 0 aromatic rings. The van der Waals surface area contributed by atoms with Crippen LogP contribution in [0.15, 0.2) is 0 Å². The number of rotatable bonds is 2. The highest BCUT2D eigenvalue weighted by Gasteiger charge is 2.63. The molecule has 0 aromatic heterocycles. The molecule has 0 saturated heterocycles. The smallest absolute Gasteiger partial charge is 0.0622 e. The predicted molar refractivity (Wildman–Crippen MR) is 105 cm³/mol. The summed E-state index contributed by atoms with van der Waals surface area (Å²) in [6.45, 7) is 6.69. The molecule has 0 aromatic carbocycles. The second kappa shape index (κ2) is 5.96. The molecule has 0 heterocycles. The van der Waals surface area contributed by atoms with E-state index in [0.29, 0.717) is 11.3 Å². The molecule has 5 saturated carbocycles. The molecule has 2 nitrogen and oxygen atoms in total. The van der Waals surface area contributed by atoms with E-state index in [-0.39, 0.29) is 6.10 Å². The van der Waals surface area contributed by atoms with Crippen LogP contribution < -0.4 is 0 Å². The van der Waals surface area contributed by atoms with E-state index < -0.39 is 5.60 Å². The molecule has 0 spiro atoms. The molecule has 5 aliphatic rings. The molecule has 26 heavy (non-hydrogen) atoms.